The van der Waals surface area contributed by atoms with Crippen LogP contribution < -0.4 is 10.2 Å². The Labute approximate surface area is 165 Å². The Hall–Kier alpha value is -3.39. The number of phenolic OH excluding ortho intramolecular Hbond substituents is 1. The van der Waals surface area contributed by atoms with Crippen molar-refractivity contribution in [1.82, 2.24) is 20.2 Å². The highest BCUT2D eigenvalue weighted by Gasteiger charge is 2.10. The van der Waals surface area contributed by atoms with E-state index >= 15 is 0 Å². The third-order valence-electron chi connectivity index (χ3n) is 4.34. The zero-order valence-electron chi connectivity index (χ0n) is 15.2. The number of H-pyrrole nitrogens is 1. The number of ether oxygens (including phenoxy) is 1. The SMILES string of the molecule is CCc1ccc2[nH]c3nc(NN=Cc4cc(Cl)cc(OC)c4O)nnc3c2c1. The van der Waals surface area contributed by atoms with E-state index in [9.17, 15) is 5.11 Å². The Balaban J connectivity index is 1.61. The molecule has 0 atom stereocenters. The first-order valence-corrected chi connectivity index (χ1v) is 8.97. The molecule has 0 aliphatic rings. The predicted octanol–water partition coefficient (Wildman–Crippen LogP) is 3.88. The number of aromatic nitrogens is 4. The summed E-state index contributed by atoms with van der Waals surface area (Å²) >= 11 is 6.01. The summed E-state index contributed by atoms with van der Waals surface area (Å²) in [5.41, 5.74) is 6.59. The van der Waals surface area contributed by atoms with Crippen molar-refractivity contribution in [2.24, 2.45) is 5.10 Å². The van der Waals surface area contributed by atoms with E-state index in [1.807, 2.05) is 6.07 Å². The maximum atomic E-state index is 10.1. The van der Waals surface area contributed by atoms with Gasteiger partial charge in [0.25, 0.3) is 5.95 Å². The topological polar surface area (TPSA) is 108 Å². The average molecular weight is 397 g/mol. The van der Waals surface area contributed by atoms with E-state index in [0.717, 1.165) is 17.3 Å². The number of anilines is 1. The highest BCUT2D eigenvalue weighted by molar-refractivity contribution is 6.31. The van der Waals surface area contributed by atoms with E-state index in [1.54, 1.807) is 6.07 Å². The number of hydrogen-bond donors (Lipinski definition) is 3. The van der Waals surface area contributed by atoms with Gasteiger partial charge in [0.2, 0.25) is 0 Å². The van der Waals surface area contributed by atoms with Crippen LogP contribution in [0.15, 0.2) is 35.4 Å². The first-order chi connectivity index (χ1) is 13.6. The third kappa shape index (κ3) is 3.29. The minimum Gasteiger partial charge on any atom is -0.504 e. The second kappa shape index (κ2) is 7.32. The number of methoxy groups -OCH3 is 1. The molecule has 0 unspecified atom stereocenters. The fourth-order valence-corrected chi connectivity index (χ4v) is 3.11. The molecule has 0 amide bonds. The van der Waals surface area contributed by atoms with E-state index in [1.165, 1.54) is 25.0 Å². The van der Waals surface area contributed by atoms with E-state index in [-0.39, 0.29) is 17.4 Å². The van der Waals surface area contributed by atoms with Gasteiger partial charge in [-0.05, 0) is 30.2 Å². The maximum Gasteiger partial charge on any atom is 0.265 e. The van der Waals surface area contributed by atoms with Crippen LogP contribution in [0.1, 0.15) is 18.1 Å². The third-order valence-corrected chi connectivity index (χ3v) is 4.56. The molecule has 0 radical (unpaired) electrons. The summed E-state index contributed by atoms with van der Waals surface area (Å²) in [7, 11) is 1.45. The summed E-state index contributed by atoms with van der Waals surface area (Å²) in [6.45, 7) is 2.10. The molecular weight excluding hydrogens is 380 g/mol. The van der Waals surface area contributed by atoms with Gasteiger partial charge in [0.15, 0.2) is 17.1 Å². The van der Waals surface area contributed by atoms with Crippen LogP contribution in [0.5, 0.6) is 11.5 Å². The number of hydrogen-bond acceptors (Lipinski definition) is 7. The number of nitrogens with zero attached hydrogens (tertiary/aromatic N) is 4. The summed E-state index contributed by atoms with van der Waals surface area (Å²) in [5, 5.41) is 23.9. The molecule has 9 heteroatoms. The Morgan fingerprint density at radius 3 is 2.93 bits per heavy atom. The molecule has 2 heterocycles. The molecule has 0 saturated carbocycles. The van der Waals surface area contributed by atoms with Crippen LogP contribution >= 0.6 is 11.6 Å². The van der Waals surface area contributed by atoms with Crippen molar-refractivity contribution in [3.05, 3.63) is 46.5 Å². The van der Waals surface area contributed by atoms with Crippen molar-refractivity contribution in [3.63, 3.8) is 0 Å². The fourth-order valence-electron chi connectivity index (χ4n) is 2.89. The highest BCUT2D eigenvalue weighted by Crippen LogP contribution is 2.32. The maximum absolute atomic E-state index is 10.1. The minimum atomic E-state index is -0.0608. The van der Waals surface area contributed by atoms with Crippen molar-refractivity contribution >= 4 is 45.8 Å². The second-order valence-corrected chi connectivity index (χ2v) is 6.54. The number of nitrogens with one attached hydrogen (secondary N) is 2. The van der Waals surface area contributed by atoms with Crippen molar-refractivity contribution in [3.8, 4) is 11.5 Å². The summed E-state index contributed by atoms with van der Waals surface area (Å²) in [6, 6.07) is 9.25. The van der Waals surface area contributed by atoms with Crippen LogP contribution in [0, 0.1) is 0 Å². The lowest BCUT2D eigenvalue weighted by Crippen LogP contribution is -1.99. The lowest BCUT2D eigenvalue weighted by molar-refractivity contribution is 0.373. The lowest BCUT2D eigenvalue weighted by Gasteiger charge is -2.06. The average Bonchev–Trinajstić information content (AvgIpc) is 3.07. The number of benzene rings is 2. The van der Waals surface area contributed by atoms with Crippen molar-refractivity contribution < 1.29 is 9.84 Å². The van der Waals surface area contributed by atoms with Gasteiger partial charge in [-0.2, -0.15) is 10.1 Å². The number of aryl methyl sites for hydroxylation is 1. The second-order valence-electron chi connectivity index (χ2n) is 6.11. The van der Waals surface area contributed by atoms with Gasteiger partial charge in [0.05, 0.1) is 13.3 Å². The number of aromatic hydroxyl groups is 1. The number of halogens is 1. The van der Waals surface area contributed by atoms with Gasteiger partial charge in [-0.25, -0.2) is 5.43 Å². The normalized spacial score (nSPS) is 11.5. The monoisotopic (exact) mass is 396 g/mol. The molecule has 4 aromatic rings. The molecule has 2 aromatic heterocycles. The first-order valence-electron chi connectivity index (χ1n) is 8.59. The van der Waals surface area contributed by atoms with Gasteiger partial charge in [0.1, 0.15) is 5.52 Å². The van der Waals surface area contributed by atoms with Gasteiger partial charge >= 0.3 is 0 Å². The molecule has 8 nitrogen and oxygen atoms in total. The van der Waals surface area contributed by atoms with E-state index in [2.05, 4.69) is 49.7 Å². The number of aromatic amines is 1. The zero-order chi connectivity index (χ0) is 19.7. The van der Waals surface area contributed by atoms with Crippen molar-refractivity contribution in [1.29, 1.82) is 0 Å². The number of hydrazone groups is 1. The first kappa shape index (κ1) is 18.0. The van der Waals surface area contributed by atoms with Crippen molar-refractivity contribution in [2.45, 2.75) is 13.3 Å². The predicted molar refractivity (Wildman–Crippen MR) is 109 cm³/mol. The summed E-state index contributed by atoms with van der Waals surface area (Å²) in [4.78, 5) is 7.64. The molecule has 4 rings (SSSR count). The fraction of sp³-hybridized carbons (Fsp3) is 0.158. The molecule has 0 aliphatic heterocycles. The summed E-state index contributed by atoms with van der Waals surface area (Å²) in [5.74, 6) is 0.423. The molecule has 0 bridgehead atoms. The van der Waals surface area contributed by atoms with Gasteiger partial charge in [-0.3, -0.25) is 0 Å². The molecule has 28 heavy (non-hydrogen) atoms. The largest absolute Gasteiger partial charge is 0.504 e. The van der Waals surface area contributed by atoms with E-state index in [0.29, 0.717) is 21.7 Å². The smallest absolute Gasteiger partial charge is 0.265 e. The Morgan fingerprint density at radius 2 is 2.14 bits per heavy atom. The zero-order valence-corrected chi connectivity index (χ0v) is 15.9. The molecule has 0 saturated heterocycles. The van der Waals surface area contributed by atoms with Gasteiger partial charge in [-0.15, -0.1) is 10.2 Å². The van der Waals surface area contributed by atoms with Crippen LogP contribution in [0.4, 0.5) is 5.95 Å². The molecule has 0 fully saturated rings. The van der Waals surface area contributed by atoms with Crippen LogP contribution in [0.2, 0.25) is 5.02 Å². The Morgan fingerprint density at radius 1 is 1.29 bits per heavy atom. The van der Waals surface area contributed by atoms with Crippen LogP contribution in [0.25, 0.3) is 22.1 Å². The Kier molecular flexibility index (Phi) is 4.70. The van der Waals surface area contributed by atoms with Crippen molar-refractivity contribution in [2.75, 3.05) is 12.5 Å². The number of rotatable bonds is 5. The molecular formula is C19H17ClN6O2. The Bertz CT molecular complexity index is 1200. The molecule has 3 N–H and O–H groups in total. The van der Waals surface area contributed by atoms with Crippen LogP contribution in [0.3, 0.4) is 0 Å². The van der Waals surface area contributed by atoms with Gasteiger partial charge < -0.3 is 14.8 Å². The molecule has 2 aromatic carbocycles. The lowest BCUT2D eigenvalue weighted by atomic mass is 10.1. The number of fused-ring (bicyclic) bond motifs is 3. The van der Waals surface area contributed by atoms with E-state index < -0.39 is 0 Å². The highest BCUT2D eigenvalue weighted by atomic mass is 35.5. The number of phenols is 1. The molecule has 0 spiro atoms. The summed E-state index contributed by atoms with van der Waals surface area (Å²) in [6.07, 6.45) is 2.34. The molecule has 0 aliphatic carbocycles. The van der Waals surface area contributed by atoms with Crippen LogP contribution in [-0.4, -0.2) is 38.6 Å². The standard InChI is InChI=1S/C19H17ClN6O2/c1-3-10-4-5-14-13(6-10)16-18(22-14)23-19(26-24-16)25-21-9-11-7-12(20)8-15(28-2)17(11)27/h4-9,27H,3H2,1-2H3,(H2,22,23,25,26). The van der Waals surface area contributed by atoms with E-state index in [4.69, 9.17) is 16.3 Å². The van der Waals surface area contributed by atoms with Gasteiger partial charge in [-0.1, -0.05) is 24.6 Å². The minimum absolute atomic E-state index is 0.0608. The van der Waals surface area contributed by atoms with Crippen LogP contribution in [-0.2, 0) is 6.42 Å². The van der Waals surface area contributed by atoms with Gasteiger partial charge in [0, 0.05) is 27.6 Å². The summed E-state index contributed by atoms with van der Waals surface area (Å²) < 4.78 is 5.07. The quantitative estimate of drug-likeness (QED) is 0.349. The molecule has 142 valence electrons.